The van der Waals surface area contributed by atoms with Crippen LogP contribution < -0.4 is 5.73 Å². The highest BCUT2D eigenvalue weighted by molar-refractivity contribution is 9.10. The van der Waals surface area contributed by atoms with Gasteiger partial charge in [-0.25, -0.2) is 4.68 Å². The molecule has 1 aliphatic carbocycles. The van der Waals surface area contributed by atoms with Crippen molar-refractivity contribution < 1.29 is 0 Å². The van der Waals surface area contributed by atoms with E-state index in [0.717, 1.165) is 28.7 Å². The molecule has 0 amide bonds. The van der Waals surface area contributed by atoms with Gasteiger partial charge in [-0.15, -0.1) is 5.10 Å². The first kappa shape index (κ1) is 10.7. The van der Waals surface area contributed by atoms with Gasteiger partial charge in [0.25, 0.3) is 0 Å². The maximum atomic E-state index is 5.83. The highest BCUT2D eigenvalue weighted by Crippen LogP contribution is 2.34. The molecule has 5 nitrogen and oxygen atoms in total. The molecule has 2 N–H and O–H groups in total. The predicted molar refractivity (Wildman–Crippen MR) is 68.3 cm³/mol. The third-order valence-corrected chi connectivity index (χ3v) is 3.55. The van der Waals surface area contributed by atoms with E-state index >= 15 is 0 Å². The Morgan fingerprint density at radius 3 is 2.76 bits per heavy atom. The van der Waals surface area contributed by atoms with Crippen LogP contribution in [-0.4, -0.2) is 20.2 Å². The van der Waals surface area contributed by atoms with E-state index in [1.807, 2.05) is 22.9 Å². The summed E-state index contributed by atoms with van der Waals surface area (Å²) in [6, 6.07) is 6.18. The largest absolute Gasteiger partial charge is 0.399 e. The van der Waals surface area contributed by atoms with Gasteiger partial charge in [-0.05, 0) is 47.9 Å². The van der Waals surface area contributed by atoms with Gasteiger partial charge in [0.1, 0.15) is 0 Å². The summed E-state index contributed by atoms with van der Waals surface area (Å²) in [7, 11) is 0. The Morgan fingerprint density at radius 2 is 2.12 bits per heavy atom. The Labute approximate surface area is 107 Å². The number of hydrogen-bond donors (Lipinski definition) is 1. The van der Waals surface area contributed by atoms with Gasteiger partial charge in [0.15, 0.2) is 5.82 Å². The van der Waals surface area contributed by atoms with Crippen LogP contribution in [0.2, 0.25) is 0 Å². The van der Waals surface area contributed by atoms with Gasteiger partial charge >= 0.3 is 0 Å². The summed E-state index contributed by atoms with van der Waals surface area (Å²) in [5.74, 6) is 0.794. The van der Waals surface area contributed by atoms with Gasteiger partial charge in [-0.3, -0.25) is 0 Å². The number of nitrogens with two attached hydrogens (primary N) is 1. The third-order valence-electron chi connectivity index (χ3n) is 3.09. The number of anilines is 1. The molecule has 0 spiro atoms. The SMILES string of the molecule is Nc1cc(Br)cc(-c2nnnn2C2CCC2)c1. The normalized spacial score (nSPS) is 15.8. The summed E-state index contributed by atoms with van der Waals surface area (Å²) in [6.07, 6.45) is 3.56. The number of nitrogens with zero attached hydrogens (tertiary/aromatic N) is 4. The number of rotatable bonds is 2. The van der Waals surface area contributed by atoms with Gasteiger partial charge in [0, 0.05) is 15.7 Å². The van der Waals surface area contributed by atoms with Crippen molar-refractivity contribution in [1.29, 1.82) is 0 Å². The van der Waals surface area contributed by atoms with Gasteiger partial charge < -0.3 is 5.73 Å². The fourth-order valence-electron chi connectivity index (χ4n) is 2.00. The number of nitrogen functional groups attached to an aromatic ring is 1. The van der Waals surface area contributed by atoms with E-state index in [-0.39, 0.29) is 0 Å². The van der Waals surface area contributed by atoms with E-state index in [2.05, 4.69) is 31.5 Å². The Kier molecular flexibility index (Phi) is 2.58. The van der Waals surface area contributed by atoms with Crippen LogP contribution in [0.15, 0.2) is 22.7 Å². The van der Waals surface area contributed by atoms with Gasteiger partial charge in [-0.2, -0.15) is 0 Å². The van der Waals surface area contributed by atoms with E-state index in [4.69, 9.17) is 5.73 Å². The predicted octanol–water partition coefficient (Wildman–Crippen LogP) is 2.41. The fraction of sp³-hybridized carbons (Fsp3) is 0.364. The highest BCUT2D eigenvalue weighted by atomic mass is 79.9. The molecule has 6 heteroatoms. The lowest BCUT2D eigenvalue weighted by Crippen LogP contribution is -2.19. The van der Waals surface area contributed by atoms with Crippen LogP contribution >= 0.6 is 15.9 Å². The molecule has 0 unspecified atom stereocenters. The quantitative estimate of drug-likeness (QED) is 0.863. The van der Waals surface area contributed by atoms with E-state index in [1.54, 1.807) is 0 Å². The standard InChI is InChI=1S/C11H12BrN5/c12-8-4-7(5-9(13)6-8)11-14-15-16-17(11)10-2-1-3-10/h4-6,10H,1-3,13H2. The molecule has 1 aromatic carbocycles. The lowest BCUT2D eigenvalue weighted by Gasteiger charge is -2.25. The molecule has 1 fully saturated rings. The second-order valence-electron chi connectivity index (χ2n) is 4.31. The minimum Gasteiger partial charge on any atom is -0.399 e. The molecule has 0 saturated heterocycles. The van der Waals surface area contributed by atoms with Crippen molar-refractivity contribution in [3.63, 3.8) is 0 Å². The van der Waals surface area contributed by atoms with Crippen molar-refractivity contribution in [1.82, 2.24) is 20.2 Å². The van der Waals surface area contributed by atoms with E-state index < -0.39 is 0 Å². The highest BCUT2D eigenvalue weighted by Gasteiger charge is 2.24. The zero-order valence-corrected chi connectivity index (χ0v) is 10.8. The zero-order valence-electron chi connectivity index (χ0n) is 9.17. The molecule has 0 bridgehead atoms. The first-order chi connectivity index (χ1) is 8.24. The topological polar surface area (TPSA) is 69.6 Å². The van der Waals surface area contributed by atoms with Gasteiger partial charge in [0.2, 0.25) is 0 Å². The van der Waals surface area contributed by atoms with Crippen molar-refractivity contribution in [2.75, 3.05) is 5.73 Å². The van der Waals surface area contributed by atoms with Crippen molar-refractivity contribution in [3.05, 3.63) is 22.7 Å². The number of benzene rings is 1. The summed E-state index contributed by atoms with van der Waals surface area (Å²) in [4.78, 5) is 0. The van der Waals surface area contributed by atoms with Crippen molar-refractivity contribution >= 4 is 21.6 Å². The van der Waals surface area contributed by atoms with E-state index in [0.29, 0.717) is 11.7 Å². The number of tetrazole rings is 1. The van der Waals surface area contributed by atoms with Crippen LogP contribution in [0.4, 0.5) is 5.69 Å². The average Bonchev–Trinajstić information content (AvgIpc) is 2.62. The van der Waals surface area contributed by atoms with Crippen molar-refractivity contribution in [3.8, 4) is 11.4 Å². The molecule has 17 heavy (non-hydrogen) atoms. The van der Waals surface area contributed by atoms with Crippen LogP contribution in [0.1, 0.15) is 25.3 Å². The Bertz CT molecular complexity index is 526. The van der Waals surface area contributed by atoms with Crippen LogP contribution in [-0.2, 0) is 0 Å². The van der Waals surface area contributed by atoms with Crippen LogP contribution in [0.5, 0.6) is 0 Å². The molecule has 2 aromatic rings. The zero-order chi connectivity index (χ0) is 11.8. The first-order valence-corrected chi connectivity index (χ1v) is 6.37. The molecule has 1 heterocycles. The lowest BCUT2D eigenvalue weighted by molar-refractivity contribution is 0.287. The van der Waals surface area contributed by atoms with Crippen LogP contribution in [0.25, 0.3) is 11.4 Å². The van der Waals surface area contributed by atoms with Crippen LogP contribution in [0.3, 0.4) is 0 Å². The van der Waals surface area contributed by atoms with E-state index in [1.165, 1.54) is 6.42 Å². The van der Waals surface area contributed by atoms with Crippen LogP contribution in [0, 0.1) is 0 Å². The van der Waals surface area contributed by atoms with Gasteiger partial charge in [0.05, 0.1) is 6.04 Å². The fourth-order valence-corrected chi connectivity index (χ4v) is 2.51. The average molecular weight is 294 g/mol. The first-order valence-electron chi connectivity index (χ1n) is 5.58. The molecule has 0 atom stereocenters. The maximum absolute atomic E-state index is 5.83. The Morgan fingerprint density at radius 1 is 1.29 bits per heavy atom. The summed E-state index contributed by atoms with van der Waals surface area (Å²) < 4.78 is 2.85. The smallest absolute Gasteiger partial charge is 0.182 e. The number of aromatic nitrogens is 4. The summed E-state index contributed by atoms with van der Waals surface area (Å²) in [5.41, 5.74) is 7.49. The monoisotopic (exact) mass is 293 g/mol. The summed E-state index contributed by atoms with van der Waals surface area (Å²) in [6.45, 7) is 0. The molecule has 1 saturated carbocycles. The van der Waals surface area contributed by atoms with Gasteiger partial charge in [-0.1, -0.05) is 15.9 Å². The minimum atomic E-state index is 0.445. The maximum Gasteiger partial charge on any atom is 0.182 e. The molecule has 1 aromatic heterocycles. The summed E-state index contributed by atoms with van der Waals surface area (Å²) >= 11 is 3.43. The Balaban J connectivity index is 2.05. The molecule has 3 rings (SSSR count). The molecular formula is C11H12BrN5. The Hall–Kier alpha value is -1.43. The minimum absolute atomic E-state index is 0.445. The molecule has 88 valence electrons. The van der Waals surface area contributed by atoms with Crippen molar-refractivity contribution in [2.24, 2.45) is 0 Å². The molecular weight excluding hydrogens is 282 g/mol. The second-order valence-corrected chi connectivity index (χ2v) is 5.22. The third kappa shape index (κ3) is 1.93. The summed E-state index contributed by atoms with van der Waals surface area (Å²) in [5, 5.41) is 11.9. The second kappa shape index (κ2) is 4.10. The van der Waals surface area contributed by atoms with E-state index in [9.17, 15) is 0 Å². The van der Waals surface area contributed by atoms with Crippen molar-refractivity contribution in [2.45, 2.75) is 25.3 Å². The number of halogens is 1. The number of hydrogen-bond acceptors (Lipinski definition) is 4. The molecule has 0 aliphatic heterocycles. The molecule has 1 aliphatic rings. The molecule has 0 radical (unpaired) electrons. The lowest BCUT2D eigenvalue weighted by atomic mass is 9.93.